The van der Waals surface area contributed by atoms with Crippen LogP contribution in [0.4, 0.5) is 4.39 Å². The van der Waals surface area contributed by atoms with Crippen molar-refractivity contribution in [1.29, 1.82) is 0 Å². The minimum atomic E-state index is -0.155. The molecule has 1 aliphatic heterocycles. The summed E-state index contributed by atoms with van der Waals surface area (Å²) in [6, 6.07) is 13.2. The standard InChI is InChI=1S/C19H20FN3/c20-17-7-1-4-14(10-17)12-23-9-3-6-16(13-23)18-11-15-5-2-8-21-19(15)22-18/h1-2,4-5,7-8,10-11,16H,3,6,9,12-13H2,(H,21,22)/t16-/m0/s1. The van der Waals surface area contributed by atoms with Gasteiger partial charge in [-0.1, -0.05) is 12.1 Å². The molecule has 0 radical (unpaired) electrons. The lowest BCUT2D eigenvalue weighted by atomic mass is 9.94. The number of H-pyrrole nitrogens is 1. The Hall–Kier alpha value is -2.20. The predicted molar refractivity (Wildman–Crippen MR) is 89.7 cm³/mol. The summed E-state index contributed by atoms with van der Waals surface area (Å²) in [6.45, 7) is 2.89. The highest BCUT2D eigenvalue weighted by atomic mass is 19.1. The molecule has 0 saturated carbocycles. The van der Waals surface area contributed by atoms with Crippen molar-refractivity contribution in [2.24, 2.45) is 0 Å². The van der Waals surface area contributed by atoms with Crippen LogP contribution in [0.3, 0.4) is 0 Å². The van der Waals surface area contributed by atoms with Gasteiger partial charge in [-0.25, -0.2) is 9.37 Å². The van der Waals surface area contributed by atoms with Gasteiger partial charge in [0.25, 0.3) is 0 Å². The normalized spacial score (nSPS) is 19.3. The van der Waals surface area contributed by atoms with Crippen LogP contribution in [-0.2, 0) is 6.54 Å². The second kappa shape index (κ2) is 6.13. The van der Waals surface area contributed by atoms with Crippen LogP contribution in [0.25, 0.3) is 11.0 Å². The number of halogens is 1. The molecule has 1 atom stereocenters. The molecular weight excluding hydrogens is 289 g/mol. The van der Waals surface area contributed by atoms with Gasteiger partial charge in [-0.05, 0) is 55.3 Å². The average Bonchev–Trinajstić information content (AvgIpc) is 2.99. The number of rotatable bonds is 3. The summed E-state index contributed by atoms with van der Waals surface area (Å²) in [5, 5.41) is 1.17. The van der Waals surface area contributed by atoms with Crippen LogP contribution < -0.4 is 0 Å². The van der Waals surface area contributed by atoms with E-state index in [1.165, 1.54) is 30.0 Å². The molecule has 1 aromatic carbocycles. The quantitative estimate of drug-likeness (QED) is 0.790. The first-order valence-electron chi connectivity index (χ1n) is 8.18. The lowest BCUT2D eigenvalue weighted by Gasteiger charge is -2.32. The number of piperidine rings is 1. The lowest BCUT2D eigenvalue weighted by Crippen LogP contribution is -2.34. The van der Waals surface area contributed by atoms with Crippen molar-refractivity contribution < 1.29 is 4.39 Å². The number of aromatic amines is 1. The first-order chi connectivity index (χ1) is 11.3. The second-order valence-corrected chi connectivity index (χ2v) is 6.37. The number of benzene rings is 1. The fraction of sp³-hybridized carbons (Fsp3) is 0.316. The van der Waals surface area contributed by atoms with Gasteiger partial charge >= 0.3 is 0 Å². The van der Waals surface area contributed by atoms with Gasteiger partial charge in [0.2, 0.25) is 0 Å². The van der Waals surface area contributed by atoms with Gasteiger partial charge in [0.1, 0.15) is 11.5 Å². The summed E-state index contributed by atoms with van der Waals surface area (Å²) >= 11 is 0. The lowest BCUT2D eigenvalue weighted by molar-refractivity contribution is 0.198. The van der Waals surface area contributed by atoms with Crippen molar-refractivity contribution in [3.63, 3.8) is 0 Å². The number of likely N-dealkylation sites (tertiary alicyclic amines) is 1. The molecule has 0 bridgehead atoms. The number of hydrogen-bond acceptors (Lipinski definition) is 2. The Morgan fingerprint density at radius 3 is 3.04 bits per heavy atom. The summed E-state index contributed by atoms with van der Waals surface area (Å²) in [6.07, 6.45) is 4.18. The molecule has 0 aliphatic carbocycles. The summed E-state index contributed by atoms with van der Waals surface area (Å²) in [5.74, 6) is 0.337. The number of fused-ring (bicyclic) bond motifs is 1. The van der Waals surface area contributed by atoms with Crippen LogP contribution in [0.15, 0.2) is 48.7 Å². The summed E-state index contributed by atoms with van der Waals surface area (Å²) < 4.78 is 13.4. The van der Waals surface area contributed by atoms with E-state index in [9.17, 15) is 4.39 Å². The maximum atomic E-state index is 13.4. The van der Waals surface area contributed by atoms with E-state index < -0.39 is 0 Å². The minimum Gasteiger partial charge on any atom is -0.343 e. The van der Waals surface area contributed by atoms with E-state index in [4.69, 9.17) is 0 Å². The van der Waals surface area contributed by atoms with Gasteiger partial charge in [-0.3, -0.25) is 4.90 Å². The predicted octanol–water partition coefficient (Wildman–Crippen LogP) is 4.08. The molecule has 3 aromatic rings. The smallest absolute Gasteiger partial charge is 0.137 e. The monoisotopic (exact) mass is 309 g/mol. The zero-order valence-electron chi connectivity index (χ0n) is 13.0. The molecule has 0 unspecified atom stereocenters. The topological polar surface area (TPSA) is 31.9 Å². The largest absolute Gasteiger partial charge is 0.343 e. The molecule has 1 N–H and O–H groups in total. The molecule has 0 amide bonds. The number of nitrogens with zero attached hydrogens (tertiary/aromatic N) is 2. The molecule has 3 heterocycles. The highest BCUT2D eigenvalue weighted by Gasteiger charge is 2.23. The van der Waals surface area contributed by atoms with Crippen LogP contribution >= 0.6 is 0 Å². The minimum absolute atomic E-state index is 0.155. The van der Waals surface area contributed by atoms with E-state index in [2.05, 4.69) is 27.0 Å². The van der Waals surface area contributed by atoms with Crippen molar-refractivity contribution in [3.8, 4) is 0 Å². The number of hydrogen-bond donors (Lipinski definition) is 1. The van der Waals surface area contributed by atoms with E-state index >= 15 is 0 Å². The molecule has 4 rings (SSSR count). The first kappa shape index (κ1) is 14.4. The molecule has 3 nitrogen and oxygen atoms in total. The fourth-order valence-electron chi connectivity index (χ4n) is 3.55. The Labute approximate surface area is 135 Å². The van der Waals surface area contributed by atoms with Crippen molar-refractivity contribution in [1.82, 2.24) is 14.9 Å². The summed E-state index contributed by atoms with van der Waals surface area (Å²) in [4.78, 5) is 10.3. The molecule has 1 saturated heterocycles. The Kier molecular flexibility index (Phi) is 3.83. The SMILES string of the molecule is Fc1cccc(CN2CCC[C@H](c3cc4cccnc4[nH]3)C2)c1. The van der Waals surface area contributed by atoms with Gasteiger partial charge in [-0.2, -0.15) is 0 Å². The highest BCUT2D eigenvalue weighted by Crippen LogP contribution is 2.29. The van der Waals surface area contributed by atoms with E-state index in [-0.39, 0.29) is 5.82 Å². The molecule has 0 spiro atoms. The first-order valence-corrected chi connectivity index (χ1v) is 8.18. The summed E-state index contributed by atoms with van der Waals surface area (Å²) in [5.41, 5.74) is 3.27. The average molecular weight is 309 g/mol. The van der Waals surface area contributed by atoms with Gasteiger partial charge in [0.15, 0.2) is 0 Å². The van der Waals surface area contributed by atoms with Crippen LogP contribution in [0, 0.1) is 5.82 Å². The van der Waals surface area contributed by atoms with E-state index in [1.807, 2.05) is 18.3 Å². The third kappa shape index (κ3) is 3.13. The van der Waals surface area contributed by atoms with Gasteiger partial charge in [-0.15, -0.1) is 0 Å². The number of nitrogens with one attached hydrogen (secondary N) is 1. The Morgan fingerprint density at radius 1 is 1.22 bits per heavy atom. The summed E-state index contributed by atoms with van der Waals surface area (Å²) in [7, 11) is 0. The molecular formula is C19H20FN3. The maximum Gasteiger partial charge on any atom is 0.137 e. The maximum absolute atomic E-state index is 13.4. The Bertz CT molecular complexity index is 778. The van der Waals surface area contributed by atoms with E-state index in [0.29, 0.717) is 5.92 Å². The van der Waals surface area contributed by atoms with E-state index in [1.54, 1.807) is 12.1 Å². The zero-order valence-corrected chi connectivity index (χ0v) is 13.0. The molecule has 23 heavy (non-hydrogen) atoms. The van der Waals surface area contributed by atoms with Crippen molar-refractivity contribution >= 4 is 11.0 Å². The molecule has 2 aromatic heterocycles. The number of aromatic nitrogens is 2. The second-order valence-electron chi connectivity index (χ2n) is 6.37. The van der Waals surface area contributed by atoms with Crippen LogP contribution in [-0.4, -0.2) is 28.0 Å². The van der Waals surface area contributed by atoms with Gasteiger partial charge in [0, 0.05) is 36.3 Å². The van der Waals surface area contributed by atoms with Crippen LogP contribution in [0.5, 0.6) is 0 Å². The van der Waals surface area contributed by atoms with Crippen LogP contribution in [0.2, 0.25) is 0 Å². The highest BCUT2D eigenvalue weighted by molar-refractivity contribution is 5.76. The van der Waals surface area contributed by atoms with Crippen molar-refractivity contribution in [2.75, 3.05) is 13.1 Å². The molecule has 1 aliphatic rings. The fourth-order valence-corrected chi connectivity index (χ4v) is 3.55. The zero-order chi connectivity index (χ0) is 15.6. The molecule has 4 heteroatoms. The Balaban J connectivity index is 1.50. The van der Waals surface area contributed by atoms with Crippen molar-refractivity contribution in [3.05, 3.63) is 65.7 Å². The molecule has 118 valence electrons. The van der Waals surface area contributed by atoms with Crippen LogP contribution in [0.1, 0.15) is 30.0 Å². The molecule has 1 fully saturated rings. The third-order valence-corrected chi connectivity index (χ3v) is 4.65. The van der Waals surface area contributed by atoms with Gasteiger partial charge < -0.3 is 4.98 Å². The number of pyridine rings is 1. The third-order valence-electron chi connectivity index (χ3n) is 4.65. The Morgan fingerprint density at radius 2 is 2.17 bits per heavy atom. The van der Waals surface area contributed by atoms with Gasteiger partial charge in [0.05, 0.1) is 0 Å². The van der Waals surface area contributed by atoms with Crippen molar-refractivity contribution in [2.45, 2.75) is 25.3 Å². The van der Waals surface area contributed by atoms with E-state index in [0.717, 1.165) is 30.8 Å².